The maximum atomic E-state index is 14.0. The predicted molar refractivity (Wildman–Crippen MR) is 60.9 cm³/mol. The highest BCUT2D eigenvalue weighted by Crippen LogP contribution is 2.44. The minimum Gasteiger partial charge on any atom is -0.227 e. The first-order valence-corrected chi connectivity index (χ1v) is 6.04. The fourth-order valence-corrected chi connectivity index (χ4v) is 3.60. The molecule has 13 heavy (non-hydrogen) atoms. The molecule has 0 nitrogen and oxygen atoms in total. The zero-order valence-electron chi connectivity index (χ0n) is 7.09. The van der Waals surface area contributed by atoms with Crippen LogP contribution in [-0.2, 0) is 11.4 Å². The van der Waals surface area contributed by atoms with Crippen molar-refractivity contribution < 1.29 is 4.39 Å². The van der Waals surface area contributed by atoms with E-state index in [4.69, 9.17) is 0 Å². The molecule has 1 aromatic rings. The van der Waals surface area contributed by atoms with E-state index in [0.29, 0.717) is 6.42 Å². The van der Waals surface area contributed by atoms with Crippen molar-refractivity contribution in [2.45, 2.75) is 34.9 Å². The standard InChI is InChI=1S/C9H11FS3/c10-9(12)4-2-1-3-7-6(9)5-8(11)13-7/h5,11-12H,1-4H2. The summed E-state index contributed by atoms with van der Waals surface area (Å²) in [5.74, 6) is 0. The number of thiol groups is 2. The Kier molecular flexibility index (Phi) is 2.64. The smallest absolute Gasteiger partial charge is 0.179 e. The summed E-state index contributed by atoms with van der Waals surface area (Å²) >= 11 is 9.91. The Bertz CT molecular complexity index is 317. The molecule has 1 aliphatic carbocycles. The van der Waals surface area contributed by atoms with Gasteiger partial charge in [-0.05, 0) is 31.7 Å². The molecular formula is C9H11FS3. The third-order valence-electron chi connectivity index (χ3n) is 2.37. The molecule has 1 aromatic heterocycles. The van der Waals surface area contributed by atoms with Gasteiger partial charge in [0.05, 0.1) is 4.21 Å². The van der Waals surface area contributed by atoms with E-state index in [9.17, 15) is 4.39 Å². The quantitative estimate of drug-likeness (QED) is 0.495. The number of alkyl halides is 1. The lowest BCUT2D eigenvalue weighted by atomic mass is 10.1. The van der Waals surface area contributed by atoms with E-state index in [-0.39, 0.29) is 0 Å². The number of hydrogen-bond donors (Lipinski definition) is 2. The van der Waals surface area contributed by atoms with Gasteiger partial charge in [0.25, 0.3) is 0 Å². The molecule has 0 aromatic carbocycles. The molecule has 4 heteroatoms. The lowest BCUT2D eigenvalue weighted by Crippen LogP contribution is -2.10. The number of hydrogen-bond acceptors (Lipinski definition) is 3. The summed E-state index contributed by atoms with van der Waals surface area (Å²) in [7, 11) is 0. The second kappa shape index (κ2) is 3.48. The zero-order chi connectivity index (χ0) is 9.47. The first-order valence-electron chi connectivity index (χ1n) is 4.33. The van der Waals surface area contributed by atoms with Gasteiger partial charge in [0.2, 0.25) is 0 Å². The molecule has 2 rings (SSSR count). The first kappa shape index (κ1) is 9.87. The zero-order valence-corrected chi connectivity index (χ0v) is 9.69. The van der Waals surface area contributed by atoms with Crippen molar-refractivity contribution in [1.29, 1.82) is 0 Å². The van der Waals surface area contributed by atoms with Gasteiger partial charge >= 0.3 is 0 Å². The van der Waals surface area contributed by atoms with Crippen LogP contribution in [0, 0.1) is 0 Å². The SMILES string of the molecule is FC1(S)CCCCc2sc(S)cc21. The third-order valence-corrected chi connectivity index (χ3v) is 4.24. The Morgan fingerprint density at radius 2 is 2.23 bits per heavy atom. The molecule has 0 saturated carbocycles. The van der Waals surface area contributed by atoms with Crippen molar-refractivity contribution in [2.75, 3.05) is 0 Å². The van der Waals surface area contributed by atoms with Crippen molar-refractivity contribution in [1.82, 2.24) is 0 Å². The molecule has 1 aliphatic rings. The van der Waals surface area contributed by atoms with Gasteiger partial charge in [-0.1, -0.05) is 0 Å². The third kappa shape index (κ3) is 1.90. The minimum absolute atomic E-state index is 0.521. The van der Waals surface area contributed by atoms with Crippen molar-refractivity contribution in [2.24, 2.45) is 0 Å². The monoisotopic (exact) mass is 234 g/mol. The maximum absolute atomic E-state index is 14.0. The Hall–Kier alpha value is 0.330. The predicted octanol–water partition coefficient (Wildman–Crippen LogP) is 3.82. The summed E-state index contributed by atoms with van der Waals surface area (Å²) in [5.41, 5.74) is 0.753. The van der Waals surface area contributed by atoms with Gasteiger partial charge in [0, 0.05) is 10.4 Å². The number of halogens is 1. The summed E-state index contributed by atoms with van der Waals surface area (Å²) in [4.78, 5) is 1.13. The Labute approximate surface area is 92.4 Å². The number of fused-ring (bicyclic) bond motifs is 1. The van der Waals surface area contributed by atoms with Crippen LogP contribution in [0.4, 0.5) is 4.39 Å². The molecule has 0 amide bonds. The second-order valence-electron chi connectivity index (χ2n) is 3.39. The van der Waals surface area contributed by atoms with Crippen molar-refractivity contribution >= 4 is 36.6 Å². The van der Waals surface area contributed by atoms with Crippen molar-refractivity contribution in [3.05, 3.63) is 16.5 Å². The van der Waals surface area contributed by atoms with Crippen LogP contribution in [0.2, 0.25) is 0 Å². The van der Waals surface area contributed by atoms with Gasteiger partial charge in [-0.2, -0.15) is 0 Å². The summed E-state index contributed by atoms with van der Waals surface area (Å²) in [6.45, 7) is 0. The van der Waals surface area contributed by atoms with Gasteiger partial charge in [-0.15, -0.1) is 36.6 Å². The molecular weight excluding hydrogens is 223 g/mol. The molecule has 0 aliphatic heterocycles. The van der Waals surface area contributed by atoms with E-state index in [0.717, 1.165) is 33.9 Å². The summed E-state index contributed by atoms with van der Waals surface area (Å²) in [6.07, 6.45) is 3.48. The fourth-order valence-electron chi connectivity index (χ4n) is 1.70. The summed E-state index contributed by atoms with van der Waals surface area (Å²) in [5, 5.41) is -1.43. The number of aryl methyl sites for hydroxylation is 1. The molecule has 0 bridgehead atoms. The van der Waals surface area contributed by atoms with Crippen LogP contribution in [0.15, 0.2) is 10.3 Å². The number of rotatable bonds is 0. The molecule has 1 unspecified atom stereocenters. The van der Waals surface area contributed by atoms with Crippen LogP contribution in [-0.4, -0.2) is 0 Å². The van der Waals surface area contributed by atoms with E-state index in [2.05, 4.69) is 25.3 Å². The molecule has 1 heterocycles. The van der Waals surface area contributed by atoms with Gasteiger partial charge in [-0.3, -0.25) is 0 Å². The Morgan fingerprint density at radius 1 is 1.46 bits per heavy atom. The second-order valence-corrected chi connectivity index (χ2v) is 6.02. The van der Waals surface area contributed by atoms with Gasteiger partial charge < -0.3 is 0 Å². The molecule has 0 spiro atoms. The molecule has 0 saturated heterocycles. The number of thiophene rings is 1. The Morgan fingerprint density at radius 3 is 3.00 bits per heavy atom. The normalized spacial score (nSPS) is 28.2. The van der Waals surface area contributed by atoms with E-state index in [1.807, 2.05) is 6.07 Å². The fraction of sp³-hybridized carbons (Fsp3) is 0.556. The highest BCUT2D eigenvalue weighted by Gasteiger charge is 2.32. The lowest BCUT2D eigenvalue weighted by Gasteiger charge is -2.16. The van der Waals surface area contributed by atoms with Crippen LogP contribution in [0.1, 0.15) is 29.7 Å². The van der Waals surface area contributed by atoms with Gasteiger partial charge in [0.1, 0.15) is 0 Å². The van der Waals surface area contributed by atoms with Crippen LogP contribution in [0.5, 0.6) is 0 Å². The van der Waals surface area contributed by atoms with E-state index < -0.39 is 5.00 Å². The van der Waals surface area contributed by atoms with Crippen molar-refractivity contribution in [3.63, 3.8) is 0 Å². The van der Waals surface area contributed by atoms with E-state index >= 15 is 0 Å². The Balaban J connectivity index is 2.47. The van der Waals surface area contributed by atoms with Crippen LogP contribution < -0.4 is 0 Å². The maximum Gasteiger partial charge on any atom is 0.179 e. The average molecular weight is 234 g/mol. The first-order chi connectivity index (χ1) is 6.09. The molecule has 0 N–H and O–H groups in total. The molecule has 1 atom stereocenters. The topological polar surface area (TPSA) is 0 Å². The minimum atomic E-state index is -1.43. The van der Waals surface area contributed by atoms with E-state index in [1.54, 1.807) is 11.3 Å². The van der Waals surface area contributed by atoms with Crippen LogP contribution >= 0.6 is 36.6 Å². The van der Waals surface area contributed by atoms with Crippen molar-refractivity contribution in [3.8, 4) is 0 Å². The van der Waals surface area contributed by atoms with E-state index in [1.165, 1.54) is 0 Å². The lowest BCUT2D eigenvalue weighted by molar-refractivity contribution is 0.277. The average Bonchev–Trinajstić information content (AvgIpc) is 2.36. The molecule has 72 valence electrons. The van der Waals surface area contributed by atoms with Crippen LogP contribution in [0.25, 0.3) is 0 Å². The largest absolute Gasteiger partial charge is 0.227 e. The van der Waals surface area contributed by atoms with Gasteiger partial charge in [-0.25, -0.2) is 4.39 Å². The van der Waals surface area contributed by atoms with Crippen LogP contribution in [0.3, 0.4) is 0 Å². The highest BCUT2D eigenvalue weighted by molar-refractivity contribution is 7.83. The summed E-state index contributed by atoms with van der Waals surface area (Å²) < 4.78 is 14.9. The molecule has 0 radical (unpaired) electrons. The van der Waals surface area contributed by atoms with Gasteiger partial charge in [0.15, 0.2) is 5.00 Å². The highest BCUT2D eigenvalue weighted by atomic mass is 32.2. The molecule has 0 fully saturated rings. The summed E-state index contributed by atoms with van der Waals surface area (Å²) in [6, 6.07) is 1.82.